The van der Waals surface area contributed by atoms with Crippen LogP contribution in [0.4, 0.5) is 0 Å². The van der Waals surface area contributed by atoms with Gasteiger partial charge in [0, 0.05) is 8.80 Å². The molecule has 0 aromatic heterocycles. The molecule has 1 aliphatic carbocycles. The van der Waals surface area contributed by atoms with E-state index in [0.717, 1.165) is 5.54 Å². The summed E-state index contributed by atoms with van der Waals surface area (Å²) in [6, 6.07) is 17.5. The van der Waals surface area contributed by atoms with Crippen molar-refractivity contribution in [1.29, 1.82) is 0 Å². The summed E-state index contributed by atoms with van der Waals surface area (Å²) in [5, 5.41) is 0. The minimum absolute atomic E-state index is 0. The maximum atomic E-state index is 2.45. The molecule has 0 fully saturated rings. The van der Waals surface area contributed by atoms with E-state index >= 15 is 0 Å². The normalized spacial score (nSPS) is 16.6. The molecule has 0 heterocycles. The average molecular weight is 312 g/mol. The SMILES string of the molecule is CC1=Cc2c(-c3ccccc3)cccc2C1[SiH](C)C.[Ti+2]. The Kier molecular flexibility index (Phi) is 4.85. The molecule has 2 heteroatoms. The second kappa shape index (κ2) is 6.26. The molecule has 0 radical (unpaired) electrons. The van der Waals surface area contributed by atoms with Crippen LogP contribution in [0.2, 0.25) is 13.1 Å². The average Bonchev–Trinajstić information content (AvgIpc) is 2.75. The van der Waals surface area contributed by atoms with Gasteiger partial charge < -0.3 is 0 Å². The number of allylic oxidation sites excluding steroid dienone is 1. The molecule has 1 aliphatic rings. The van der Waals surface area contributed by atoms with E-state index in [-0.39, 0.29) is 21.7 Å². The summed E-state index contributed by atoms with van der Waals surface area (Å²) < 4.78 is 0. The first kappa shape index (κ1) is 15.5. The zero-order chi connectivity index (χ0) is 13.4. The first-order valence-electron chi connectivity index (χ1n) is 7.05. The van der Waals surface area contributed by atoms with Crippen LogP contribution in [0, 0.1) is 0 Å². The fourth-order valence-electron chi connectivity index (χ4n) is 3.33. The molecule has 0 saturated carbocycles. The van der Waals surface area contributed by atoms with Gasteiger partial charge in [0.2, 0.25) is 0 Å². The molecular formula is C18H20SiTi+2. The predicted molar refractivity (Wildman–Crippen MR) is 87.1 cm³/mol. The van der Waals surface area contributed by atoms with Crippen LogP contribution >= 0.6 is 0 Å². The zero-order valence-corrected chi connectivity index (χ0v) is 15.1. The maximum Gasteiger partial charge on any atom is 2.00 e. The molecule has 0 bridgehead atoms. The third-order valence-corrected chi connectivity index (χ3v) is 6.31. The molecule has 2 aromatic carbocycles. The van der Waals surface area contributed by atoms with Crippen LogP contribution in [0.15, 0.2) is 54.1 Å². The molecule has 1 unspecified atom stereocenters. The Morgan fingerprint density at radius 1 is 0.900 bits per heavy atom. The van der Waals surface area contributed by atoms with Crippen LogP contribution in [-0.2, 0) is 21.7 Å². The largest absolute Gasteiger partial charge is 2.00 e. The Morgan fingerprint density at radius 2 is 1.60 bits per heavy atom. The van der Waals surface area contributed by atoms with Gasteiger partial charge in [0.05, 0.1) is 0 Å². The number of fused-ring (bicyclic) bond motifs is 1. The maximum absolute atomic E-state index is 2.45. The van der Waals surface area contributed by atoms with Crippen LogP contribution in [0.1, 0.15) is 23.6 Å². The van der Waals surface area contributed by atoms with Gasteiger partial charge in [-0.25, -0.2) is 0 Å². The summed E-state index contributed by atoms with van der Waals surface area (Å²) in [6.07, 6.45) is 2.41. The van der Waals surface area contributed by atoms with Gasteiger partial charge >= 0.3 is 21.7 Å². The van der Waals surface area contributed by atoms with Crippen LogP contribution in [-0.4, -0.2) is 8.80 Å². The standard InChI is InChI=1S/C18H20Si.Ti/c1-13-12-17-15(14-8-5-4-6-9-14)10-7-11-16(17)18(13)19(2)3;/h4-12,18-19H,1-3H3;/q;+2. The molecule has 98 valence electrons. The summed E-state index contributed by atoms with van der Waals surface area (Å²) in [5.41, 5.74) is 8.00. The summed E-state index contributed by atoms with van der Waals surface area (Å²) in [6.45, 7) is 7.20. The second-order valence-electron chi connectivity index (χ2n) is 5.78. The fourth-order valence-corrected chi connectivity index (χ4v) is 5.49. The monoisotopic (exact) mass is 312 g/mol. The van der Waals surface area contributed by atoms with Gasteiger partial charge in [-0.05, 0) is 34.7 Å². The van der Waals surface area contributed by atoms with Crippen molar-refractivity contribution in [1.82, 2.24) is 0 Å². The van der Waals surface area contributed by atoms with Crippen molar-refractivity contribution in [2.75, 3.05) is 0 Å². The predicted octanol–water partition coefficient (Wildman–Crippen LogP) is 4.88. The third kappa shape index (κ3) is 2.63. The van der Waals surface area contributed by atoms with Crippen molar-refractivity contribution < 1.29 is 21.7 Å². The Balaban J connectivity index is 0.00000147. The van der Waals surface area contributed by atoms with E-state index in [2.05, 4.69) is 74.6 Å². The Morgan fingerprint density at radius 3 is 2.25 bits per heavy atom. The zero-order valence-electron chi connectivity index (χ0n) is 12.4. The fraction of sp³-hybridized carbons (Fsp3) is 0.222. The van der Waals surface area contributed by atoms with E-state index in [1.54, 1.807) is 11.1 Å². The second-order valence-corrected chi connectivity index (χ2v) is 8.94. The molecule has 20 heavy (non-hydrogen) atoms. The third-order valence-electron chi connectivity index (χ3n) is 4.09. The van der Waals surface area contributed by atoms with Crippen molar-refractivity contribution in [2.45, 2.75) is 25.6 Å². The minimum Gasteiger partial charge on any atom is -0.0714 e. The summed E-state index contributed by atoms with van der Waals surface area (Å²) >= 11 is 0. The van der Waals surface area contributed by atoms with Crippen molar-refractivity contribution >= 4 is 14.9 Å². The Labute approximate surface area is 138 Å². The molecule has 2 aromatic rings. The topological polar surface area (TPSA) is 0 Å². The number of rotatable bonds is 2. The van der Waals surface area contributed by atoms with E-state index in [1.165, 1.54) is 16.7 Å². The Hall–Kier alpha value is -0.889. The van der Waals surface area contributed by atoms with Gasteiger partial charge in [-0.3, -0.25) is 0 Å². The van der Waals surface area contributed by atoms with Crippen molar-refractivity contribution in [2.24, 2.45) is 0 Å². The number of benzene rings is 2. The van der Waals surface area contributed by atoms with Crippen molar-refractivity contribution in [3.05, 3.63) is 65.2 Å². The van der Waals surface area contributed by atoms with Gasteiger partial charge in [0.15, 0.2) is 0 Å². The number of hydrogen-bond acceptors (Lipinski definition) is 0. The van der Waals surface area contributed by atoms with Crippen LogP contribution in [0.3, 0.4) is 0 Å². The van der Waals surface area contributed by atoms with Gasteiger partial charge in [-0.1, -0.05) is 73.3 Å². The molecule has 3 rings (SSSR count). The molecule has 0 spiro atoms. The van der Waals surface area contributed by atoms with Crippen LogP contribution < -0.4 is 0 Å². The molecule has 0 aliphatic heterocycles. The summed E-state index contributed by atoms with van der Waals surface area (Å²) in [4.78, 5) is 0. The molecule has 0 saturated heterocycles. The summed E-state index contributed by atoms with van der Waals surface area (Å²) in [5.74, 6) is 0. The van der Waals surface area contributed by atoms with E-state index < -0.39 is 8.80 Å². The molecule has 0 nitrogen and oxygen atoms in total. The first-order chi connectivity index (χ1) is 9.18. The van der Waals surface area contributed by atoms with Crippen LogP contribution in [0.25, 0.3) is 17.2 Å². The molecule has 0 amide bonds. The van der Waals surface area contributed by atoms with Gasteiger partial charge in [0.1, 0.15) is 0 Å². The quantitative estimate of drug-likeness (QED) is 0.694. The van der Waals surface area contributed by atoms with E-state index in [9.17, 15) is 0 Å². The summed E-state index contributed by atoms with van der Waals surface area (Å²) in [7, 11) is -0.701. The molecule has 1 atom stereocenters. The van der Waals surface area contributed by atoms with Crippen molar-refractivity contribution in [3.8, 4) is 11.1 Å². The van der Waals surface area contributed by atoms with E-state index in [0.29, 0.717) is 0 Å². The smallest absolute Gasteiger partial charge is 0.0714 e. The first-order valence-corrected chi connectivity index (χ1v) is 10.0. The van der Waals surface area contributed by atoms with Gasteiger partial charge in [0.25, 0.3) is 0 Å². The van der Waals surface area contributed by atoms with Crippen LogP contribution in [0.5, 0.6) is 0 Å². The Bertz CT molecular complexity index is 629. The van der Waals surface area contributed by atoms with E-state index in [1.807, 2.05) is 0 Å². The van der Waals surface area contributed by atoms with Gasteiger partial charge in [-0.2, -0.15) is 0 Å². The van der Waals surface area contributed by atoms with E-state index in [4.69, 9.17) is 0 Å². The minimum atomic E-state index is -0.701. The molecular weight excluding hydrogens is 292 g/mol. The molecule has 0 N–H and O–H groups in total. The van der Waals surface area contributed by atoms with Crippen molar-refractivity contribution in [3.63, 3.8) is 0 Å². The number of hydrogen-bond donors (Lipinski definition) is 0. The van der Waals surface area contributed by atoms with Gasteiger partial charge in [-0.15, -0.1) is 0 Å².